The van der Waals surface area contributed by atoms with E-state index in [0.717, 1.165) is 17.4 Å². The fraction of sp³-hybridized carbons (Fsp3) is 0.500. The van der Waals surface area contributed by atoms with Gasteiger partial charge in [-0.05, 0) is 54.4 Å². The van der Waals surface area contributed by atoms with Gasteiger partial charge in [-0.1, -0.05) is 19.9 Å². The first-order valence-corrected chi connectivity index (χ1v) is 5.64. The first-order valence-electron chi connectivity index (χ1n) is 5.64. The second-order valence-corrected chi connectivity index (χ2v) is 5.22. The molecule has 0 radical (unpaired) electrons. The molecule has 0 heterocycles. The fourth-order valence-corrected chi connectivity index (χ4v) is 2.60. The molecule has 1 nitrogen and oxygen atoms in total. The summed E-state index contributed by atoms with van der Waals surface area (Å²) in [4.78, 5) is 10.9. The van der Waals surface area contributed by atoms with E-state index in [-0.39, 0.29) is 5.41 Å². The van der Waals surface area contributed by atoms with Crippen LogP contribution in [-0.2, 0) is 11.8 Å². The molecule has 0 fully saturated rings. The van der Waals surface area contributed by atoms with Gasteiger partial charge in [0.1, 0.15) is 6.29 Å². The zero-order chi connectivity index (χ0) is 11.1. The van der Waals surface area contributed by atoms with Crippen LogP contribution in [0.2, 0.25) is 0 Å². The minimum atomic E-state index is 0.235. The number of benzene rings is 1. The molecule has 0 saturated carbocycles. The number of hydrogen-bond donors (Lipinski definition) is 0. The van der Waals surface area contributed by atoms with Crippen molar-refractivity contribution in [2.24, 2.45) is 0 Å². The van der Waals surface area contributed by atoms with Crippen LogP contribution in [0.15, 0.2) is 12.1 Å². The van der Waals surface area contributed by atoms with Crippen LogP contribution in [0.5, 0.6) is 0 Å². The normalized spacial score (nSPS) is 18.3. The lowest BCUT2D eigenvalue weighted by Crippen LogP contribution is -2.24. The van der Waals surface area contributed by atoms with Gasteiger partial charge in [-0.25, -0.2) is 0 Å². The Morgan fingerprint density at radius 2 is 2.07 bits per heavy atom. The summed E-state index contributed by atoms with van der Waals surface area (Å²) < 4.78 is 0. The van der Waals surface area contributed by atoms with Crippen LogP contribution < -0.4 is 0 Å². The predicted octanol–water partition coefficient (Wildman–Crippen LogP) is 3.42. The molecule has 0 bridgehead atoms. The SMILES string of the molecule is Cc1cc2c(cc1C=O)C(C)(C)CCC2. The lowest BCUT2D eigenvalue weighted by molar-refractivity contribution is 0.112. The highest BCUT2D eigenvalue weighted by molar-refractivity contribution is 5.78. The molecule has 0 amide bonds. The van der Waals surface area contributed by atoms with Gasteiger partial charge >= 0.3 is 0 Å². The van der Waals surface area contributed by atoms with E-state index in [1.165, 1.54) is 30.4 Å². The van der Waals surface area contributed by atoms with Crippen LogP contribution in [-0.4, -0.2) is 6.29 Å². The van der Waals surface area contributed by atoms with E-state index in [1.54, 1.807) is 0 Å². The number of aldehydes is 1. The van der Waals surface area contributed by atoms with Gasteiger partial charge in [0.25, 0.3) is 0 Å². The van der Waals surface area contributed by atoms with Gasteiger partial charge in [0.2, 0.25) is 0 Å². The molecule has 80 valence electrons. The van der Waals surface area contributed by atoms with E-state index in [4.69, 9.17) is 0 Å². The van der Waals surface area contributed by atoms with Gasteiger partial charge in [-0.15, -0.1) is 0 Å². The van der Waals surface area contributed by atoms with E-state index in [1.807, 2.05) is 6.92 Å². The minimum Gasteiger partial charge on any atom is -0.298 e. The van der Waals surface area contributed by atoms with Crippen molar-refractivity contribution < 1.29 is 4.79 Å². The molecule has 0 atom stereocenters. The Morgan fingerprint density at radius 3 is 2.73 bits per heavy atom. The third-order valence-corrected chi connectivity index (χ3v) is 3.60. The third kappa shape index (κ3) is 1.71. The topological polar surface area (TPSA) is 17.1 Å². The summed E-state index contributed by atoms with van der Waals surface area (Å²) in [6.07, 6.45) is 4.63. The van der Waals surface area contributed by atoms with Gasteiger partial charge in [-0.2, -0.15) is 0 Å². The second-order valence-electron chi connectivity index (χ2n) is 5.22. The van der Waals surface area contributed by atoms with Crippen molar-refractivity contribution in [3.8, 4) is 0 Å². The molecule has 1 heteroatoms. The average molecular weight is 202 g/mol. The summed E-state index contributed by atoms with van der Waals surface area (Å²) in [6.45, 7) is 6.56. The van der Waals surface area contributed by atoms with Crippen LogP contribution >= 0.6 is 0 Å². The van der Waals surface area contributed by atoms with Crippen molar-refractivity contribution in [2.75, 3.05) is 0 Å². The maximum Gasteiger partial charge on any atom is 0.150 e. The maximum absolute atomic E-state index is 10.9. The molecule has 0 spiro atoms. The summed E-state index contributed by atoms with van der Waals surface area (Å²) in [5.74, 6) is 0. The fourth-order valence-electron chi connectivity index (χ4n) is 2.60. The minimum absolute atomic E-state index is 0.235. The molecule has 0 aliphatic heterocycles. The largest absolute Gasteiger partial charge is 0.298 e. The lowest BCUT2D eigenvalue weighted by atomic mass is 9.72. The van der Waals surface area contributed by atoms with Crippen LogP contribution in [0.25, 0.3) is 0 Å². The lowest BCUT2D eigenvalue weighted by Gasteiger charge is -2.33. The van der Waals surface area contributed by atoms with Crippen molar-refractivity contribution in [1.82, 2.24) is 0 Å². The van der Waals surface area contributed by atoms with Crippen molar-refractivity contribution in [3.05, 3.63) is 34.4 Å². The first kappa shape index (κ1) is 10.4. The summed E-state index contributed by atoms with van der Waals surface area (Å²) in [6, 6.07) is 4.29. The molecule has 1 aromatic carbocycles. The van der Waals surface area contributed by atoms with Crippen LogP contribution in [0.3, 0.4) is 0 Å². The van der Waals surface area contributed by atoms with E-state index in [0.29, 0.717) is 0 Å². The quantitative estimate of drug-likeness (QED) is 0.638. The zero-order valence-corrected chi connectivity index (χ0v) is 9.76. The Balaban J connectivity index is 2.61. The zero-order valence-electron chi connectivity index (χ0n) is 9.76. The van der Waals surface area contributed by atoms with Crippen molar-refractivity contribution in [2.45, 2.75) is 45.4 Å². The van der Waals surface area contributed by atoms with Gasteiger partial charge < -0.3 is 0 Å². The number of hydrogen-bond acceptors (Lipinski definition) is 1. The van der Waals surface area contributed by atoms with E-state index >= 15 is 0 Å². The number of fused-ring (bicyclic) bond motifs is 1. The summed E-state index contributed by atoms with van der Waals surface area (Å²) >= 11 is 0. The van der Waals surface area contributed by atoms with E-state index in [9.17, 15) is 4.79 Å². The maximum atomic E-state index is 10.9. The summed E-state index contributed by atoms with van der Waals surface area (Å²) in [5, 5.41) is 0. The van der Waals surface area contributed by atoms with Gasteiger partial charge in [-0.3, -0.25) is 4.79 Å². The molecule has 2 rings (SSSR count). The summed E-state index contributed by atoms with van der Waals surface area (Å²) in [7, 11) is 0. The predicted molar refractivity (Wildman–Crippen MR) is 62.5 cm³/mol. The molecule has 0 saturated heterocycles. The van der Waals surface area contributed by atoms with Gasteiger partial charge in [0.05, 0.1) is 0 Å². The Labute approximate surface area is 91.5 Å². The number of rotatable bonds is 1. The van der Waals surface area contributed by atoms with E-state index in [2.05, 4.69) is 26.0 Å². The van der Waals surface area contributed by atoms with E-state index < -0.39 is 0 Å². The smallest absolute Gasteiger partial charge is 0.150 e. The molecular weight excluding hydrogens is 184 g/mol. The van der Waals surface area contributed by atoms with Crippen LogP contribution in [0, 0.1) is 6.92 Å². The van der Waals surface area contributed by atoms with Crippen LogP contribution in [0.1, 0.15) is 53.7 Å². The molecule has 15 heavy (non-hydrogen) atoms. The molecule has 0 unspecified atom stereocenters. The van der Waals surface area contributed by atoms with Crippen LogP contribution in [0.4, 0.5) is 0 Å². The summed E-state index contributed by atoms with van der Waals surface area (Å²) in [5.41, 5.74) is 5.01. The van der Waals surface area contributed by atoms with Gasteiger partial charge in [0, 0.05) is 5.56 Å². The standard InChI is InChI=1S/C14H18O/c1-10-7-11-5-4-6-14(2,3)13(11)8-12(10)9-15/h7-9H,4-6H2,1-3H3. The number of carbonyl (C=O) groups excluding carboxylic acids is 1. The Bertz CT molecular complexity index is 402. The second kappa shape index (κ2) is 3.48. The molecule has 0 N–H and O–H groups in total. The third-order valence-electron chi connectivity index (χ3n) is 3.60. The van der Waals surface area contributed by atoms with Crippen molar-refractivity contribution in [1.29, 1.82) is 0 Å². The highest BCUT2D eigenvalue weighted by atomic mass is 16.1. The molecule has 1 aliphatic carbocycles. The molecule has 0 aromatic heterocycles. The number of aryl methyl sites for hydroxylation is 2. The molecular formula is C14H18O. The highest BCUT2D eigenvalue weighted by Gasteiger charge is 2.27. The Morgan fingerprint density at radius 1 is 1.33 bits per heavy atom. The molecule has 1 aromatic rings. The number of carbonyl (C=O) groups is 1. The highest BCUT2D eigenvalue weighted by Crippen LogP contribution is 2.37. The Hall–Kier alpha value is -1.11. The van der Waals surface area contributed by atoms with Crippen molar-refractivity contribution in [3.63, 3.8) is 0 Å². The Kier molecular flexibility index (Phi) is 2.41. The molecule has 1 aliphatic rings. The average Bonchev–Trinajstić information content (AvgIpc) is 2.16. The monoisotopic (exact) mass is 202 g/mol. The first-order chi connectivity index (χ1) is 7.04. The van der Waals surface area contributed by atoms with Crippen molar-refractivity contribution >= 4 is 6.29 Å². The van der Waals surface area contributed by atoms with Gasteiger partial charge in [0.15, 0.2) is 0 Å².